The molecule has 0 aliphatic carbocycles. The maximum atomic E-state index is 11.8. The lowest BCUT2D eigenvalue weighted by atomic mass is 10.1. The number of carbonyl (C=O) groups is 1. The summed E-state index contributed by atoms with van der Waals surface area (Å²) in [5.41, 5.74) is 0. The fourth-order valence-electron chi connectivity index (χ4n) is 1.77. The van der Waals surface area contributed by atoms with Gasteiger partial charge in [0, 0.05) is 17.6 Å². The van der Waals surface area contributed by atoms with E-state index in [0.29, 0.717) is 5.75 Å². The molecule has 1 aliphatic heterocycles. The van der Waals surface area contributed by atoms with Crippen LogP contribution in [-0.2, 0) is 0 Å². The summed E-state index contributed by atoms with van der Waals surface area (Å²) in [6.45, 7) is 1.62. The number of amides is 1. The van der Waals surface area contributed by atoms with Crippen LogP contribution in [0.2, 0.25) is 0 Å². The van der Waals surface area contributed by atoms with E-state index in [1.165, 1.54) is 6.42 Å². The molecule has 3 nitrogen and oxygen atoms in total. The summed E-state index contributed by atoms with van der Waals surface area (Å²) >= 11 is 3.34. The second kappa shape index (κ2) is 5.34. The number of hydrogen-bond donors (Lipinski definition) is 0. The van der Waals surface area contributed by atoms with Crippen molar-refractivity contribution in [3.8, 4) is 5.75 Å². The van der Waals surface area contributed by atoms with Crippen molar-refractivity contribution in [1.82, 2.24) is 4.90 Å². The third-order valence-electron chi connectivity index (χ3n) is 2.62. The van der Waals surface area contributed by atoms with E-state index in [1.54, 1.807) is 17.0 Å². The summed E-state index contributed by atoms with van der Waals surface area (Å²) in [5.74, 6) is 0.588. The van der Waals surface area contributed by atoms with E-state index in [0.717, 1.165) is 30.4 Å². The molecule has 1 saturated heterocycles. The van der Waals surface area contributed by atoms with Crippen molar-refractivity contribution in [2.45, 2.75) is 19.3 Å². The molecule has 1 aromatic rings. The molecule has 0 spiro atoms. The molecule has 2 rings (SSSR count). The standard InChI is InChI=1S/C12H14BrNO2/c13-10-5-4-6-11(9-10)16-12(15)14-7-2-1-3-8-14/h4-6,9H,1-3,7-8H2. The second-order valence-corrected chi connectivity index (χ2v) is 4.79. The Bertz CT molecular complexity index is 375. The van der Waals surface area contributed by atoms with Gasteiger partial charge in [0.1, 0.15) is 5.75 Å². The lowest BCUT2D eigenvalue weighted by Gasteiger charge is -2.25. The third-order valence-corrected chi connectivity index (χ3v) is 3.11. The molecule has 0 radical (unpaired) electrons. The van der Waals surface area contributed by atoms with Gasteiger partial charge in [-0.1, -0.05) is 22.0 Å². The quantitative estimate of drug-likeness (QED) is 0.790. The van der Waals surface area contributed by atoms with Gasteiger partial charge < -0.3 is 9.64 Å². The van der Waals surface area contributed by atoms with E-state index in [2.05, 4.69) is 15.9 Å². The summed E-state index contributed by atoms with van der Waals surface area (Å²) < 4.78 is 6.21. The molecule has 4 heteroatoms. The van der Waals surface area contributed by atoms with Crippen LogP contribution in [0.3, 0.4) is 0 Å². The van der Waals surface area contributed by atoms with Crippen LogP contribution in [0.25, 0.3) is 0 Å². The lowest BCUT2D eigenvalue weighted by molar-refractivity contribution is 0.142. The van der Waals surface area contributed by atoms with Crippen molar-refractivity contribution in [3.05, 3.63) is 28.7 Å². The van der Waals surface area contributed by atoms with Gasteiger partial charge in [0.15, 0.2) is 0 Å². The van der Waals surface area contributed by atoms with Crippen LogP contribution in [0.1, 0.15) is 19.3 Å². The first-order chi connectivity index (χ1) is 7.75. The summed E-state index contributed by atoms with van der Waals surface area (Å²) in [7, 11) is 0. The predicted octanol–water partition coefficient (Wildman–Crippen LogP) is 3.43. The SMILES string of the molecule is O=C(Oc1cccc(Br)c1)N1CCCCC1. The molecular weight excluding hydrogens is 270 g/mol. The van der Waals surface area contributed by atoms with Gasteiger partial charge in [-0.05, 0) is 37.5 Å². The third kappa shape index (κ3) is 2.98. The Morgan fingerprint density at radius 1 is 1.25 bits per heavy atom. The number of carbonyl (C=O) groups excluding carboxylic acids is 1. The predicted molar refractivity (Wildman–Crippen MR) is 65.6 cm³/mol. The average Bonchev–Trinajstić information content (AvgIpc) is 2.30. The molecule has 86 valence electrons. The first-order valence-electron chi connectivity index (χ1n) is 5.48. The maximum Gasteiger partial charge on any atom is 0.415 e. The minimum absolute atomic E-state index is 0.238. The average molecular weight is 284 g/mol. The van der Waals surface area contributed by atoms with E-state index in [1.807, 2.05) is 12.1 Å². The van der Waals surface area contributed by atoms with Gasteiger partial charge in [-0.3, -0.25) is 0 Å². The number of rotatable bonds is 1. The highest BCUT2D eigenvalue weighted by molar-refractivity contribution is 9.10. The normalized spacial score (nSPS) is 15.9. The van der Waals surface area contributed by atoms with Crippen molar-refractivity contribution in [1.29, 1.82) is 0 Å². The number of ether oxygens (including phenoxy) is 1. The zero-order chi connectivity index (χ0) is 11.4. The molecule has 1 aliphatic rings. The monoisotopic (exact) mass is 283 g/mol. The summed E-state index contributed by atoms with van der Waals surface area (Å²) in [6.07, 6.45) is 3.12. The van der Waals surface area contributed by atoms with Crippen LogP contribution >= 0.6 is 15.9 Å². The Hall–Kier alpha value is -1.03. The fourth-order valence-corrected chi connectivity index (χ4v) is 2.15. The fraction of sp³-hybridized carbons (Fsp3) is 0.417. The Morgan fingerprint density at radius 3 is 2.69 bits per heavy atom. The Kier molecular flexibility index (Phi) is 3.83. The van der Waals surface area contributed by atoms with Gasteiger partial charge in [-0.25, -0.2) is 4.79 Å². The lowest BCUT2D eigenvalue weighted by Crippen LogP contribution is -2.37. The van der Waals surface area contributed by atoms with E-state index in [9.17, 15) is 4.79 Å². The molecule has 1 fully saturated rings. The first-order valence-corrected chi connectivity index (χ1v) is 6.27. The molecule has 0 saturated carbocycles. The van der Waals surface area contributed by atoms with E-state index < -0.39 is 0 Å². The number of piperidine rings is 1. The molecule has 0 unspecified atom stereocenters. The number of likely N-dealkylation sites (tertiary alicyclic amines) is 1. The molecule has 0 atom stereocenters. The van der Waals surface area contributed by atoms with Gasteiger partial charge >= 0.3 is 6.09 Å². The van der Waals surface area contributed by atoms with Crippen molar-refractivity contribution in [2.75, 3.05) is 13.1 Å². The number of halogens is 1. The number of nitrogens with zero attached hydrogens (tertiary/aromatic N) is 1. The molecule has 0 N–H and O–H groups in total. The van der Waals surface area contributed by atoms with Gasteiger partial charge in [0.25, 0.3) is 0 Å². The maximum absolute atomic E-state index is 11.8. The van der Waals surface area contributed by atoms with Crippen LogP contribution in [0.4, 0.5) is 4.79 Å². The zero-order valence-corrected chi connectivity index (χ0v) is 10.6. The highest BCUT2D eigenvalue weighted by Crippen LogP contribution is 2.19. The summed E-state index contributed by atoms with van der Waals surface area (Å²) in [4.78, 5) is 13.5. The smallest absolute Gasteiger partial charge is 0.410 e. The first kappa shape index (κ1) is 11.5. The van der Waals surface area contributed by atoms with Crippen molar-refractivity contribution < 1.29 is 9.53 Å². The highest BCUT2D eigenvalue weighted by Gasteiger charge is 2.18. The number of benzene rings is 1. The summed E-state index contributed by atoms with van der Waals surface area (Å²) in [5, 5.41) is 0. The van der Waals surface area contributed by atoms with E-state index in [4.69, 9.17) is 4.74 Å². The van der Waals surface area contributed by atoms with Crippen LogP contribution < -0.4 is 4.74 Å². The highest BCUT2D eigenvalue weighted by atomic mass is 79.9. The van der Waals surface area contributed by atoms with Gasteiger partial charge in [-0.2, -0.15) is 0 Å². The zero-order valence-electron chi connectivity index (χ0n) is 8.99. The van der Waals surface area contributed by atoms with Crippen LogP contribution in [0.15, 0.2) is 28.7 Å². The van der Waals surface area contributed by atoms with Crippen molar-refractivity contribution in [2.24, 2.45) is 0 Å². The molecular formula is C12H14BrNO2. The Morgan fingerprint density at radius 2 is 2.00 bits per heavy atom. The van der Waals surface area contributed by atoms with Crippen LogP contribution in [-0.4, -0.2) is 24.1 Å². The molecule has 1 aromatic carbocycles. The van der Waals surface area contributed by atoms with Gasteiger partial charge in [0.2, 0.25) is 0 Å². The second-order valence-electron chi connectivity index (χ2n) is 3.87. The van der Waals surface area contributed by atoms with Gasteiger partial charge in [0.05, 0.1) is 0 Å². The largest absolute Gasteiger partial charge is 0.415 e. The Balaban J connectivity index is 1.96. The molecule has 1 amide bonds. The minimum Gasteiger partial charge on any atom is -0.410 e. The topological polar surface area (TPSA) is 29.5 Å². The molecule has 0 aromatic heterocycles. The minimum atomic E-state index is -0.238. The van der Waals surface area contributed by atoms with E-state index >= 15 is 0 Å². The van der Waals surface area contributed by atoms with Crippen LogP contribution in [0.5, 0.6) is 5.75 Å². The van der Waals surface area contributed by atoms with Crippen molar-refractivity contribution in [3.63, 3.8) is 0 Å². The van der Waals surface area contributed by atoms with Crippen LogP contribution in [0, 0.1) is 0 Å². The summed E-state index contributed by atoms with van der Waals surface area (Å²) in [6, 6.07) is 7.33. The van der Waals surface area contributed by atoms with Gasteiger partial charge in [-0.15, -0.1) is 0 Å². The van der Waals surface area contributed by atoms with Crippen molar-refractivity contribution >= 4 is 22.0 Å². The Labute approximate surface area is 104 Å². The van der Waals surface area contributed by atoms with E-state index in [-0.39, 0.29) is 6.09 Å². The number of hydrogen-bond acceptors (Lipinski definition) is 2. The molecule has 1 heterocycles. The molecule has 16 heavy (non-hydrogen) atoms. The molecule has 0 bridgehead atoms.